The van der Waals surface area contributed by atoms with E-state index in [0.717, 1.165) is 110 Å². The Kier molecular flexibility index (Phi) is 13.2. The van der Waals surface area contributed by atoms with Crippen LogP contribution in [0.2, 0.25) is 0 Å². The molecule has 2 N–H and O–H groups in total. The van der Waals surface area contributed by atoms with Gasteiger partial charge in [0.2, 0.25) is 11.6 Å². The van der Waals surface area contributed by atoms with Gasteiger partial charge in [-0.2, -0.15) is 4.98 Å². The normalized spacial score (nSPS) is 17.2. The van der Waals surface area contributed by atoms with Gasteiger partial charge in [0.1, 0.15) is 22.6 Å². The lowest BCUT2D eigenvalue weighted by Gasteiger charge is -2.31. The number of carbonyl (C=O) groups excluding carboxylic acids is 2. The number of hydrogen-bond donors (Lipinski definition) is 2. The maximum Gasteiger partial charge on any atom is 0.291 e. The summed E-state index contributed by atoms with van der Waals surface area (Å²) in [5.74, 6) is 0.419. The van der Waals surface area contributed by atoms with Crippen molar-refractivity contribution in [3.8, 4) is 0 Å². The van der Waals surface area contributed by atoms with Crippen LogP contribution in [0.1, 0.15) is 168 Å². The topological polar surface area (TPSA) is 150 Å². The molecule has 3 aromatic rings. The molecule has 2 amide bonds. The van der Waals surface area contributed by atoms with Crippen LogP contribution < -0.4 is 0 Å². The Balaban J connectivity index is 2.09. The molecule has 0 saturated carbocycles. The van der Waals surface area contributed by atoms with Crippen molar-refractivity contribution >= 4 is 45.5 Å². The molecule has 12 heteroatoms. The summed E-state index contributed by atoms with van der Waals surface area (Å²) < 4.78 is 0. The number of nitrogens with zero attached hydrogens (tertiary/aromatic N) is 8. The van der Waals surface area contributed by atoms with Crippen LogP contribution in [0.3, 0.4) is 0 Å². The molecular weight excluding hydrogens is 665 g/mol. The third-order valence-electron chi connectivity index (χ3n) is 10.6. The van der Waals surface area contributed by atoms with Gasteiger partial charge in [0, 0.05) is 59.6 Å². The fourth-order valence-electron chi connectivity index (χ4n) is 7.56. The van der Waals surface area contributed by atoms with Crippen molar-refractivity contribution in [2.24, 2.45) is 0 Å². The van der Waals surface area contributed by atoms with Crippen LogP contribution >= 0.6 is 0 Å². The van der Waals surface area contributed by atoms with Gasteiger partial charge in [0.05, 0.1) is 0 Å². The molecule has 0 fully saturated rings. The summed E-state index contributed by atoms with van der Waals surface area (Å²) in [7, 11) is 3.55. The summed E-state index contributed by atoms with van der Waals surface area (Å²) in [5, 5.41) is 0. The van der Waals surface area contributed by atoms with Gasteiger partial charge in [-0.25, -0.2) is 24.9 Å². The van der Waals surface area contributed by atoms with Gasteiger partial charge in [-0.1, -0.05) is 80.1 Å². The van der Waals surface area contributed by atoms with Crippen molar-refractivity contribution in [1.29, 1.82) is 0 Å². The minimum atomic E-state index is -0.372. The summed E-state index contributed by atoms with van der Waals surface area (Å²) in [6.45, 7) is 16.9. The lowest BCUT2D eigenvalue weighted by atomic mass is 10.0. The van der Waals surface area contributed by atoms with Gasteiger partial charge in [0.15, 0.2) is 11.6 Å². The Bertz CT molecular complexity index is 1870. The Morgan fingerprint density at radius 2 is 0.755 bits per heavy atom. The van der Waals surface area contributed by atoms with Crippen LogP contribution in [-0.2, 0) is 25.7 Å². The zero-order valence-corrected chi connectivity index (χ0v) is 33.7. The second-order valence-electron chi connectivity index (χ2n) is 14.7. The molecule has 2 unspecified atom stereocenters. The highest BCUT2D eigenvalue weighted by molar-refractivity contribution is 5.95. The quantitative estimate of drug-likeness (QED) is 0.190. The molecule has 0 aliphatic carbocycles. The van der Waals surface area contributed by atoms with Crippen LogP contribution in [0, 0.1) is 0 Å². The van der Waals surface area contributed by atoms with Gasteiger partial charge < -0.3 is 19.8 Å². The number of aromatic nitrogens is 8. The number of amides is 2. The Labute approximate surface area is 314 Å². The number of nitrogens with one attached hydrogen (secondary N) is 2. The number of aryl methyl sites for hydroxylation is 4. The molecule has 3 aromatic heterocycles. The SMILES string of the molecule is CCCC1=C(CCC)c2nc1nc1[nH]c(nc3nc(nc4[nH]c(n2)c(CCC)c4CCC)C(=O)N(C)C(C)CC(C)N(C)C3=O)c(CCC)c1CCC. The van der Waals surface area contributed by atoms with E-state index in [1.54, 1.807) is 23.9 Å². The van der Waals surface area contributed by atoms with Crippen molar-refractivity contribution in [2.75, 3.05) is 14.1 Å². The van der Waals surface area contributed by atoms with Gasteiger partial charge in [0.25, 0.3) is 11.8 Å². The molecule has 0 spiro atoms. The lowest BCUT2D eigenvalue weighted by molar-refractivity contribution is 0.0633. The van der Waals surface area contributed by atoms with Crippen molar-refractivity contribution in [1.82, 2.24) is 49.7 Å². The maximum absolute atomic E-state index is 14.4. The predicted molar refractivity (Wildman–Crippen MR) is 213 cm³/mol. The first-order valence-corrected chi connectivity index (χ1v) is 20.0. The first-order valence-electron chi connectivity index (χ1n) is 20.0. The van der Waals surface area contributed by atoms with Crippen LogP contribution in [-0.4, -0.2) is 87.7 Å². The fourth-order valence-corrected chi connectivity index (χ4v) is 7.56. The van der Waals surface area contributed by atoms with Gasteiger partial charge >= 0.3 is 0 Å². The second-order valence-corrected chi connectivity index (χ2v) is 14.7. The van der Waals surface area contributed by atoms with Gasteiger partial charge in [-0.05, 0) is 58.8 Å². The van der Waals surface area contributed by atoms with E-state index in [1.165, 1.54) is 0 Å². The summed E-state index contributed by atoms with van der Waals surface area (Å²) in [6.07, 6.45) is 10.7. The third kappa shape index (κ3) is 8.21. The van der Waals surface area contributed by atoms with E-state index < -0.39 is 0 Å². The molecule has 5 rings (SSSR count). The molecule has 0 aromatic carbocycles. The Hall–Kier alpha value is -4.48. The number of fused-ring (bicyclic) bond motifs is 8. The van der Waals surface area contributed by atoms with Crippen LogP contribution in [0.25, 0.3) is 33.7 Å². The first kappa shape index (κ1) is 39.7. The van der Waals surface area contributed by atoms with E-state index in [0.29, 0.717) is 40.7 Å². The highest BCUT2D eigenvalue weighted by Gasteiger charge is 2.30. The monoisotopic (exact) mass is 724 g/mol. The van der Waals surface area contributed by atoms with Crippen LogP contribution in [0.15, 0.2) is 0 Å². The van der Waals surface area contributed by atoms with Crippen LogP contribution in [0.4, 0.5) is 0 Å². The molecular formula is C41H60N10O2. The molecule has 2 aliphatic heterocycles. The smallest absolute Gasteiger partial charge is 0.291 e. The van der Waals surface area contributed by atoms with Crippen molar-refractivity contribution in [3.05, 3.63) is 45.6 Å². The molecule has 8 bridgehead atoms. The summed E-state index contributed by atoms with van der Waals surface area (Å²) in [4.78, 5) is 69.8. The average molecular weight is 725 g/mol. The molecule has 2 atom stereocenters. The summed E-state index contributed by atoms with van der Waals surface area (Å²) in [6, 6.07) is -0.339. The summed E-state index contributed by atoms with van der Waals surface area (Å²) in [5.41, 5.74) is 8.82. The molecule has 0 saturated heterocycles. The zero-order valence-electron chi connectivity index (χ0n) is 33.7. The highest BCUT2D eigenvalue weighted by atomic mass is 16.2. The molecule has 286 valence electrons. The lowest BCUT2D eigenvalue weighted by Crippen LogP contribution is -2.44. The molecule has 2 aliphatic rings. The largest absolute Gasteiger partial charge is 0.336 e. The highest BCUT2D eigenvalue weighted by Crippen LogP contribution is 2.35. The number of rotatable bonds is 12. The first-order chi connectivity index (χ1) is 25.5. The van der Waals surface area contributed by atoms with E-state index in [-0.39, 0.29) is 35.5 Å². The fraction of sp³-hybridized carbons (Fsp3) is 0.610. The van der Waals surface area contributed by atoms with Crippen molar-refractivity contribution < 1.29 is 9.59 Å². The number of aromatic amines is 2. The van der Waals surface area contributed by atoms with Crippen LogP contribution in [0.5, 0.6) is 0 Å². The molecule has 5 heterocycles. The number of H-pyrrole nitrogens is 2. The molecule has 0 radical (unpaired) electrons. The summed E-state index contributed by atoms with van der Waals surface area (Å²) >= 11 is 0. The number of allylic oxidation sites excluding steroid dienone is 2. The van der Waals surface area contributed by atoms with E-state index in [1.807, 2.05) is 13.8 Å². The van der Waals surface area contributed by atoms with E-state index in [9.17, 15) is 9.59 Å². The Morgan fingerprint density at radius 1 is 0.472 bits per heavy atom. The predicted octanol–water partition coefficient (Wildman–Crippen LogP) is 8.23. The molecule has 12 nitrogen and oxygen atoms in total. The minimum Gasteiger partial charge on any atom is -0.336 e. The van der Waals surface area contributed by atoms with E-state index in [4.69, 9.17) is 29.9 Å². The van der Waals surface area contributed by atoms with Gasteiger partial charge in [-0.3, -0.25) is 9.59 Å². The zero-order chi connectivity index (χ0) is 38.4. The average Bonchev–Trinajstić information content (AvgIpc) is 3.73. The van der Waals surface area contributed by atoms with Crippen molar-refractivity contribution in [2.45, 2.75) is 151 Å². The second kappa shape index (κ2) is 17.6. The number of carbonyl (C=O) groups is 2. The minimum absolute atomic E-state index is 0.0948. The van der Waals surface area contributed by atoms with E-state index in [2.05, 4.69) is 51.5 Å². The molecule has 53 heavy (non-hydrogen) atoms. The van der Waals surface area contributed by atoms with E-state index >= 15 is 0 Å². The third-order valence-corrected chi connectivity index (χ3v) is 10.6. The van der Waals surface area contributed by atoms with Gasteiger partial charge in [-0.15, -0.1) is 0 Å². The van der Waals surface area contributed by atoms with Crippen molar-refractivity contribution in [3.63, 3.8) is 0 Å². The Morgan fingerprint density at radius 3 is 1.06 bits per heavy atom. The standard InChI is InChI=1S/C41H60N10O2/c1-11-17-26-27(18-12-2)33-42-32(26)43-34-28(19-13-3)30(21-15-5)36(45-34)47-38-40(52)50(9)24(7)23-25(8)51(10)41(53)39(49-38)48-37-31(22-16-6)29(20-14-4)35(44-33)46-37/h24-25H,11-23H2,1-10H3,(H2,42,43,44,45,46,47,48,49). The maximum atomic E-state index is 14.4. The number of hydrogen-bond acceptors (Lipinski definition) is 8.